The quantitative estimate of drug-likeness (QED) is 0.234. The van der Waals surface area contributed by atoms with Crippen molar-refractivity contribution in [2.24, 2.45) is 26.9 Å². The number of alkyl halides is 3. The molecule has 1 aliphatic carbocycles. The molecule has 1 spiro atoms. The van der Waals surface area contributed by atoms with Gasteiger partial charge in [0.2, 0.25) is 11.7 Å². The lowest BCUT2D eigenvalue weighted by atomic mass is 9.67. The number of nitrogens with one attached hydrogen (secondary N) is 2. The molecule has 1 saturated carbocycles. The van der Waals surface area contributed by atoms with Crippen LogP contribution in [-0.2, 0) is 4.79 Å². The molecule has 11 nitrogen and oxygen atoms in total. The molecule has 0 aromatic carbocycles. The van der Waals surface area contributed by atoms with Gasteiger partial charge in [-0.25, -0.2) is 9.98 Å². The number of carbonyl (C=O) groups is 1. The Balaban J connectivity index is 1.68. The average Bonchev–Trinajstić information content (AvgIpc) is 3.01. The largest absolute Gasteiger partial charge is 0.403 e. The highest BCUT2D eigenvalue weighted by Gasteiger charge is 2.74. The molecular weight excluding hydrogens is 399 g/mol. The molecule has 2 fully saturated rings. The second-order valence-electron chi connectivity index (χ2n) is 7.88. The highest BCUT2D eigenvalue weighted by atomic mass is 19.4. The van der Waals surface area contributed by atoms with Gasteiger partial charge in [-0.1, -0.05) is 6.42 Å². The summed E-state index contributed by atoms with van der Waals surface area (Å²) in [6.07, 6.45) is -5.28. The van der Waals surface area contributed by atoms with Gasteiger partial charge in [0.05, 0.1) is 6.61 Å². The van der Waals surface area contributed by atoms with Crippen molar-refractivity contribution in [3.63, 3.8) is 0 Å². The number of carbonyl (C=O) groups excluding carboxylic acids is 1. The van der Waals surface area contributed by atoms with Crippen LogP contribution < -0.4 is 22.1 Å². The van der Waals surface area contributed by atoms with Crippen LogP contribution in [-0.4, -0.2) is 86.9 Å². The molecule has 1 saturated heterocycles. The minimum atomic E-state index is -4.77. The normalized spacial score (nSPS) is 36.9. The molecule has 3 heterocycles. The third-order valence-electron chi connectivity index (χ3n) is 6.48. The van der Waals surface area contributed by atoms with E-state index in [0.29, 0.717) is 0 Å². The third kappa shape index (κ3) is 2.33. The lowest BCUT2D eigenvalue weighted by Crippen LogP contribution is -2.78. The number of aliphatic hydroxyl groups is 3. The van der Waals surface area contributed by atoms with Gasteiger partial charge in [-0.3, -0.25) is 4.79 Å². The van der Waals surface area contributed by atoms with Gasteiger partial charge in [0.15, 0.2) is 17.6 Å². The number of halogens is 3. The number of nitrogens with zero attached hydrogens (tertiary/aromatic N) is 3. The van der Waals surface area contributed by atoms with Crippen molar-refractivity contribution < 1.29 is 33.3 Å². The van der Waals surface area contributed by atoms with Crippen molar-refractivity contribution in [3.8, 4) is 0 Å². The lowest BCUT2D eigenvalue weighted by molar-refractivity contribution is -0.250. The monoisotopic (exact) mass is 421 g/mol. The van der Waals surface area contributed by atoms with E-state index in [9.17, 15) is 33.3 Å². The van der Waals surface area contributed by atoms with Crippen LogP contribution in [0.4, 0.5) is 13.2 Å². The second-order valence-corrected chi connectivity index (χ2v) is 7.88. The molecule has 29 heavy (non-hydrogen) atoms. The first kappa shape index (κ1) is 20.0. The fourth-order valence-corrected chi connectivity index (χ4v) is 4.70. The van der Waals surface area contributed by atoms with Crippen molar-refractivity contribution >= 4 is 17.8 Å². The second kappa shape index (κ2) is 5.86. The standard InChI is InChI=1S/C15H22F3N7O4/c16-15(17,18)12(2-1-3-12)9(27)22-7-4-25-11(20)21-6(5-26)8-13(25,14(7,28)29)24-10(19)23-8/h6-8,26,28-29H,1-5H2,(H2,20,21)(H,22,27)(H3,19,23,24)/t6-,7-,8-,13-/m0/s1. The van der Waals surface area contributed by atoms with Crippen molar-refractivity contribution in [1.29, 1.82) is 0 Å². The summed E-state index contributed by atoms with van der Waals surface area (Å²) in [6.45, 7) is -0.893. The Morgan fingerprint density at radius 1 is 1.31 bits per heavy atom. The first-order valence-electron chi connectivity index (χ1n) is 9.06. The molecule has 1 amide bonds. The Labute approximate surface area is 162 Å². The summed E-state index contributed by atoms with van der Waals surface area (Å²) in [5.74, 6) is -4.55. The number of aliphatic imine (C=N–C) groups is 2. The fraction of sp³-hybridized carbons (Fsp3) is 0.800. The number of aliphatic hydroxyl groups excluding tert-OH is 1. The molecule has 0 bridgehead atoms. The summed E-state index contributed by atoms with van der Waals surface area (Å²) in [4.78, 5) is 21.9. The number of rotatable bonds is 3. The first-order chi connectivity index (χ1) is 13.4. The number of guanidine groups is 2. The van der Waals surface area contributed by atoms with Gasteiger partial charge in [-0.15, -0.1) is 0 Å². The summed E-state index contributed by atoms with van der Waals surface area (Å²) in [6, 6.07) is -3.63. The van der Waals surface area contributed by atoms with E-state index in [1.807, 2.05) is 0 Å². The number of hydrogen-bond donors (Lipinski definition) is 7. The molecular formula is C15H22F3N7O4. The van der Waals surface area contributed by atoms with E-state index in [0.717, 1.165) is 0 Å². The maximum atomic E-state index is 13.5. The molecule has 4 aliphatic rings. The van der Waals surface area contributed by atoms with Gasteiger partial charge in [-0.05, 0) is 12.8 Å². The molecule has 0 unspecified atom stereocenters. The van der Waals surface area contributed by atoms with Crippen LogP contribution in [0.15, 0.2) is 9.98 Å². The minimum Gasteiger partial charge on any atom is -0.394 e. The number of amides is 1. The topological polar surface area (TPSA) is 182 Å². The van der Waals surface area contributed by atoms with Gasteiger partial charge in [0, 0.05) is 6.54 Å². The van der Waals surface area contributed by atoms with Crippen LogP contribution in [0.2, 0.25) is 0 Å². The van der Waals surface area contributed by atoms with E-state index in [1.165, 1.54) is 4.90 Å². The van der Waals surface area contributed by atoms with Gasteiger partial charge < -0.3 is 42.3 Å². The maximum absolute atomic E-state index is 13.5. The van der Waals surface area contributed by atoms with E-state index in [4.69, 9.17) is 11.5 Å². The molecule has 0 aromatic heterocycles. The van der Waals surface area contributed by atoms with Crippen molar-refractivity contribution in [3.05, 3.63) is 0 Å². The minimum absolute atomic E-state index is 0.187. The van der Waals surface area contributed by atoms with Crippen molar-refractivity contribution in [1.82, 2.24) is 15.5 Å². The van der Waals surface area contributed by atoms with Gasteiger partial charge in [0.1, 0.15) is 23.5 Å². The molecule has 0 radical (unpaired) electrons. The van der Waals surface area contributed by atoms with E-state index in [1.54, 1.807) is 0 Å². The van der Waals surface area contributed by atoms with Crippen LogP contribution in [0.5, 0.6) is 0 Å². The third-order valence-corrected chi connectivity index (χ3v) is 6.48. The molecule has 4 rings (SSSR count). The molecule has 4 atom stereocenters. The van der Waals surface area contributed by atoms with E-state index in [-0.39, 0.29) is 37.7 Å². The molecule has 3 aliphatic heterocycles. The zero-order chi connectivity index (χ0) is 21.4. The van der Waals surface area contributed by atoms with Gasteiger partial charge >= 0.3 is 6.18 Å². The summed E-state index contributed by atoms with van der Waals surface area (Å²) in [5, 5.41) is 36.4. The van der Waals surface area contributed by atoms with Crippen LogP contribution in [0.3, 0.4) is 0 Å². The summed E-state index contributed by atoms with van der Waals surface area (Å²) in [7, 11) is 0. The smallest absolute Gasteiger partial charge is 0.394 e. The Hall–Kier alpha value is -2.32. The van der Waals surface area contributed by atoms with Crippen molar-refractivity contribution in [2.45, 2.75) is 55.0 Å². The number of nitrogens with two attached hydrogens (primary N) is 2. The van der Waals surface area contributed by atoms with Crippen LogP contribution in [0.25, 0.3) is 0 Å². The summed E-state index contributed by atoms with van der Waals surface area (Å²) in [5.41, 5.74) is 7.16. The van der Waals surface area contributed by atoms with E-state index >= 15 is 0 Å². The molecule has 14 heteroatoms. The SMILES string of the molecule is NC1=N[C@H]2[C@H](CO)N=C(N)N3C[C@H](NC(=O)C4(C(F)(F)F)CCC4)C(O)(O)[C@]23N1. The molecule has 162 valence electrons. The Morgan fingerprint density at radius 2 is 1.97 bits per heavy atom. The molecule has 0 aromatic rings. The Bertz CT molecular complexity index is 797. The fourth-order valence-electron chi connectivity index (χ4n) is 4.70. The average molecular weight is 421 g/mol. The first-order valence-corrected chi connectivity index (χ1v) is 9.06. The lowest BCUT2D eigenvalue weighted by Gasteiger charge is -2.49. The zero-order valence-electron chi connectivity index (χ0n) is 15.1. The predicted molar refractivity (Wildman–Crippen MR) is 91.9 cm³/mol. The van der Waals surface area contributed by atoms with Crippen LogP contribution >= 0.6 is 0 Å². The van der Waals surface area contributed by atoms with Crippen LogP contribution in [0.1, 0.15) is 19.3 Å². The zero-order valence-corrected chi connectivity index (χ0v) is 15.1. The Kier molecular flexibility index (Phi) is 4.03. The highest BCUT2D eigenvalue weighted by molar-refractivity contribution is 5.88. The highest BCUT2D eigenvalue weighted by Crippen LogP contribution is 2.53. The van der Waals surface area contributed by atoms with Crippen molar-refractivity contribution in [2.75, 3.05) is 13.2 Å². The molecule has 9 N–H and O–H groups in total. The number of hydrogen-bond acceptors (Lipinski definition) is 10. The predicted octanol–water partition coefficient (Wildman–Crippen LogP) is -3.13. The Morgan fingerprint density at radius 3 is 2.48 bits per heavy atom. The van der Waals surface area contributed by atoms with E-state index < -0.39 is 53.7 Å². The van der Waals surface area contributed by atoms with Gasteiger partial charge in [-0.2, -0.15) is 13.2 Å². The van der Waals surface area contributed by atoms with Crippen LogP contribution in [0, 0.1) is 5.41 Å². The van der Waals surface area contributed by atoms with E-state index in [2.05, 4.69) is 20.6 Å². The summed E-state index contributed by atoms with van der Waals surface area (Å²) < 4.78 is 40.4. The van der Waals surface area contributed by atoms with Gasteiger partial charge in [0.25, 0.3) is 0 Å². The maximum Gasteiger partial charge on any atom is 0.403 e. The summed E-state index contributed by atoms with van der Waals surface area (Å²) >= 11 is 0.